The van der Waals surface area contributed by atoms with Gasteiger partial charge in [0.05, 0.1) is 11.8 Å². The fourth-order valence-electron chi connectivity index (χ4n) is 3.40. The smallest absolute Gasteiger partial charge is 0.269 e. The summed E-state index contributed by atoms with van der Waals surface area (Å²) >= 11 is 0. The molecule has 134 valence electrons. The minimum absolute atomic E-state index is 0.163. The van der Waals surface area contributed by atoms with Crippen LogP contribution in [-0.2, 0) is 11.2 Å². The summed E-state index contributed by atoms with van der Waals surface area (Å²) in [4.78, 5) is 21.4. The van der Waals surface area contributed by atoms with Crippen molar-refractivity contribution >= 4 is 16.8 Å². The van der Waals surface area contributed by atoms with Gasteiger partial charge in [0.15, 0.2) is 0 Å². The first kappa shape index (κ1) is 16.7. The van der Waals surface area contributed by atoms with E-state index in [1.165, 1.54) is 0 Å². The van der Waals surface area contributed by atoms with Gasteiger partial charge in [0.2, 0.25) is 0 Å². The lowest BCUT2D eigenvalue weighted by atomic mass is 9.89. The molecule has 0 atom stereocenters. The van der Waals surface area contributed by atoms with Crippen molar-refractivity contribution in [2.75, 3.05) is 19.8 Å². The van der Waals surface area contributed by atoms with Gasteiger partial charge in [-0.2, -0.15) is 0 Å². The van der Waals surface area contributed by atoms with Gasteiger partial charge < -0.3 is 14.5 Å². The number of carbonyl (C=O) groups excluding carboxylic acids is 1. The number of furan rings is 1. The maximum absolute atomic E-state index is 12.6. The van der Waals surface area contributed by atoms with Gasteiger partial charge in [-0.25, -0.2) is 4.98 Å². The predicted molar refractivity (Wildman–Crippen MR) is 97.1 cm³/mol. The largest absolute Gasteiger partial charge is 0.469 e. The highest BCUT2D eigenvalue weighted by molar-refractivity contribution is 5.96. The summed E-state index contributed by atoms with van der Waals surface area (Å²) in [5.41, 5.74) is 2.40. The normalized spacial score (nSPS) is 15.2. The lowest BCUT2D eigenvalue weighted by Crippen LogP contribution is -2.27. The Morgan fingerprint density at radius 2 is 2.15 bits per heavy atom. The fraction of sp³-hybridized carbons (Fsp3) is 0.350. The van der Waals surface area contributed by atoms with E-state index in [0.29, 0.717) is 24.6 Å². The van der Waals surface area contributed by atoms with Crippen LogP contribution in [0, 0.1) is 0 Å². The van der Waals surface area contributed by atoms with Crippen molar-refractivity contribution in [1.82, 2.24) is 15.3 Å². The molecule has 1 saturated heterocycles. The van der Waals surface area contributed by atoms with Crippen LogP contribution in [0.25, 0.3) is 10.9 Å². The van der Waals surface area contributed by atoms with E-state index in [4.69, 9.17) is 9.15 Å². The summed E-state index contributed by atoms with van der Waals surface area (Å²) in [6.45, 7) is 2.01. The Morgan fingerprint density at radius 1 is 1.27 bits per heavy atom. The van der Waals surface area contributed by atoms with Crippen molar-refractivity contribution in [3.05, 3.63) is 59.9 Å². The number of hydrogen-bond acceptors (Lipinski definition) is 5. The molecule has 1 aliphatic rings. The third kappa shape index (κ3) is 3.60. The van der Waals surface area contributed by atoms with Gasteiger partial charge in [-0.3, -0.25) is 9.78 Å². The first-order valence-corrected chi connectivity index (χ1v) is 8.94. The molecule has 4 rings (SSSR count). The molecule has 4 heterocycles. The molecule has 1 N–H and O–H groups in total. The highest BCUT2D eigenvalue weighted by atomic mass is 16.5. The van der Waals surface area contributed by atoms with E-state index in [0.717, 1.165) is 48.3 Å². The Balaban J connectivity index is 1.57. The number of pyridine rings is 2. The van der Waals surface area contributed by atoms with Crippen LogP contribution in [0.5, 0.6) is 0 Å². The Bertz CT molecular complexity index is 886. The van der Waals surface area contributed by atoms with Gasteiger partial charge in [-0.1, -0.05) is 0 Å². The zero-order chi connectivity index (χ0) is 17.8. The third-order valence-electron chi connectivity index (χ3n) is 4.77. The molecular formula is C20H21N3O3. The van der Waals surface area contributed by atoms with E-state index < -0.39 is 0 Å². The summed E-state index contributed by atoms with van der Waals surface area (Å²) in [6, 6.07) is 7.52. The van der Waals surface area contributed by atoms with Crippen molar-refractivity contribution < 1.29 is 13.9 Å². The number of hydrogen-bond donors (Lipinski definition) is 1. The summed E-state index contributed by atoms with van der Waals surface area (Å²) in [6.07, 6.45) is 7.74. The fourth-order valence-corrected chi connectivity index (χ4v) is 3.40. The quantitative estimate of drug-likeness (QED) is 0.764. The topological polar surface area (TPSA) is 77.2 Å². The van der Waals surface area contributed by atoms with Crippen LogP contribution in [0.3, 0.4) is 0 Å². The SMILES string of the molecule is O=C(NCCc1ccco1)c1cc(C2CCOCC2)c2cnccc2n1. The second-order valence-corrected chi connectivity index (χ2v) is 6.46. The van der Waals surface area contributed by atoms with Crippen LogP contribution in [0.15, 0.2) is 47.3 Å². The Morgan fingerprint density at radius 3 is 2.96 bits per heavy atom. The van der Waals surface area contributed by atoms with Gasteiger partial charge in [0.1, 0.15) is 11.5 Å². The number of nitrogens with one attached hydrogen (secondary N) is 1. The molecule has 1 aliphatic heterocycles. The van der Waals surface area contributed by atoms with Gasteiger partial charge in [0.25, 0.3) is 5.91 Å². The molecule has 0 bridgehead atoms. The number of ether oxygens (including phenoxy) is 1. The van der Waals surface area contributed by atoms with Crippen LogP contribution in [0.1, 0.15) is 40.6 Å². The van der Waals surface area contributed by atoms with Crippen LogP contribution >= 0.6 is 0 Å². The number of nitrogens with zero attached hydrogens (tertiary/aromatic N) is 2. The molecule has 1 amide bonds. The van der Waals surface area contributed by atoms with Gasteiger partial charge >= 0.3 is 0 Å². The maximum atomic E-state index is 12.6. The molecule has 0 unspecified atom stereocenters. The number of carbonyl (C=O) groups is 1. The molecule has 6 nitrogen and oxygen atoms in total. The standard InChI is InChI=1S/C20H21N3O3/c24-20(22-8-3-15-2-1-9-26-15)19-12-16(14-5-10-25-11-6-14)17-13-21-7-4-18(17)23-19/h1-2,4,7,9,12-14H,3,5-6,8,10-11H2,(H,22,24). The second kappa shape index (κ2) is 7.66. The average Bonchev–Trinajstić information content (AvgIpc) is 3.21. The lowest BCUT2D eigenvalue weighted by molar-refractivity contribution is 0.0855. The monoisotopic (exact) mass is 351 g/mol. The van der Waals surface area contributed by atoms with Crippen LogP contribution in [0.2, 0.25) is 0 Å². The summed E-state index contributed by atoms with van der Waals surface area (Å²) < 4.78 is 10.8. The minimum atomic E-state index is -0.163. The van der Waals surface area contributed by atoms with E-state index in [2.05, 4.69) is 15.3 Å². The number of rotatable bonds is 5. The van der Waals surface area contributed by atoms with Crippen molar-refractivity contribution in [2.24, 2.45) is 0 Å². The summed E-state index contributed by atoms with van der Waals surface area (Å²) in [5.74, 6) is 1.06. The van der Waals surface area contributed by atoms with Crippen LogP contribution < -0.4 is 5.32 Å². The highest BCUT2D eigenvalue weighted by Gasteiger charge is 2.21. The number of fused-ring (bicyclic) bond motifs is 1. The molecule has 3 aromatic rings. The third-order valence-corrected chi connectivity index (χ3v) is 4.77. The first-order valence-electron chi connectivity index (χ1n) is 8.94. The summed E-state index contributed by atoms with van der Waals surface area (Å²) in [5, 5.41) is 3.95. The van der Waals surface area contributed by atoms with Crippen molar-refractivity contribution in [3.8, 4) is 0 Å². The molecule has 26 heavy (non-hydrogen) atoms. The Hall–Kier alpha value is -2.73. The Kier molecular flexibility index (Phi) is 4.93. The van der Waals surface area contributed by atoms with Crippen LogP contribution in [0.4, 0.5) is 0 Å². The van der Waals surface area contributed by atoms with Crippen molar-refractivity contribution in [3.63, 3.8) is 0 Å². The molecular weight excluding hydrogens is 330 g/mol. The molecule has 0 saturated carbocycles. The van der Waals surface area contributed by atoms with Gasteiger partial charge in [0, 0.05) is 44.0 Å². The average molecular weight is 351 g/mol. The molecule has 3 aromatic heterocycles. The van der Waals surface area contributed by atoms with E-state index >= 15 is 0 Å². The molecule has 0 aromatic carbocycles. The van der Waals surface area contributed by atoms with Crippen LogP contribution in [-0.4, -0.2) is 35.6 Å². The molecule has 0 aliphatic carbocycles. The first-order chi connectivity index (χ1) is 12.8. The zero-order valence-corrected chi connectivity index (χ0v) is 14.5. The van der Waals surface area contributed by atoms with Crippen molar-refractivity contribution in [1.29, 1.82) is 0 Å². The molecule has 0 radical (unpaired) electrons. The second-order valence-electron chi connectivity index (χ2n) is 6.46. The van der Waals surface area contributed by atoms with E-state index in [-0.39, 0.29) is 5.91 Å². The summed E-state index contributed by atoms with van der Waals surface area (Å²) in [7, 11) is 0. The minimum Gasteiger partial charge on any atom is -0.469 e. The highest BCUT2D eigenvalue weighted by Crippen LogP contribution is 2.32. The van der Waals surface area contributed by atoms with Gasteiger partial charge in [-0.05, 0) is 48.6 Å². The molecule has 1 fully saturated rings. The maximum Gasteiger partial charge on any atom is 0.269 e. The zero-order valence-electron chi connectivity index (χ0n) is 14.5. The molecule has 6 heteroatoms. The number of amides is 1. The molecule has 0 spiro atoms. The van der Waals surface area contributed by atoms with E-state index in [1.807, 2.05) is 30.5 Å². The van der Waals surface area contributed by atoms with E-state index in [1.54, 1.807) is 12.5 Å². The lowest BCUT2D eigenvalue weighted by Gasteiger charge is -2.24. The number of aromatic nitrogens is 2. The Labute approximate surface area is 151 Å². The van der Waals surface area contributed by atoms with Gasteiger partial charge in [-0.15, -0.1) is 0 Å². The van der Waals surface area contributed by atoms with E-state index in [9.17, 15) is 4.79 Å². The predicted octanol–water partition coefficient (Wildman–Crippen LogP) is 3.09. The van der Waals surface area contributed by atoms with Crippen molar-refractivity contribution in [2.45, 2.75) is 25.2 Å².